The summed E-state index contributed by atoms with van der Waals surface area (Å²) in [5.74, 6) is 0.596. The Kier molecular flexibility index (Phi) is 8.74. The molecule has 0 bridgehead atoms. The van der Waals surface area contributed by atoms with Gasteiger partial charge in [-0.15, -0.1) is 0 Å². The fourth-order valence-corrected chi connectivity index (χ4v) is 4.38. The van der Waals surface area contributed by atoms with Crippen LogP contribution in [0.3, 0.4) is 0 Å². The van der Waals surface area contributed by atoms with Crippen molar-refractivity contribution < 1.29 is 13.9 Å². The number of rotatable bonds is 8. The lowest BCUT2D eigenvalue weighted by molar-refractivity contribution is 0.0276. The second kappa shape index (κ2) is 11.5. The van der Waals surface area contributed by atoms with Gasteiger partial charge in [-0.25, -0.2) is 4.39 Å². The molecular formula is C23H36FN3O2. The fraction of sp³-hybridized carbons (Fsp3) is 0.696. The largest absolute Gasteiger partial charge is 0.381 e. The number of aliphatic imine (C=N–C) groups is 1. The lowest BCUT2D eigenvalue weighted by Crippen LogP contribution is -2.48. The van der Waals surface area contributed by atoms with Gasteiger partial charge in [0, 0.05) is 45.4 Å². The normalized spacial score (nSPS) is 20.4. The van der Waals surface area contributed by atoms with Crippen LogP contribution in [0.2, 0.25) is 0 Å². The van der Waals surface area contributed by atoms with E-state index in [-0.39, 0.29) is 11.2 Å². The van der Waals surface area contributed by atoms with E-state index in [1.54, 1.807) is 19.2 Å². The molecule has 1 aromatic rings. The van der Waals surface area contributed by atoms with Crippen LogP contribution in [0.15, 0.2) is 29.3 Å². The molecule has 0 amide bonds. The van der Waals surface area contributed by atoms with Gasteiger partial charge in [-0.1, -0.05) is 31.4 Å². The maximum absolute atomic E-state index is 13.8. The van der Waals surface area contributed by atoms with Gasteiger partial charge in [0.2, 0.25) is 0 Å². The van der Waals surface area contributed by atoms with Crippen molar-refractivity contribution >= 4 is 5.96 Å². The molecule has 3 rings (SSSR count). The Bertz CT molecular complexity index is 641. The molecule has 0 aromatic heterocycles. The molecule has 2 N–H and O–H groups in total. The Morgan fingerprint density at radius 3 is 2.72 bits per heavy atom. The van der Waals surface area contributed by atoms with Crippen molar-refractivity contribution in [2.24, 2.45) is 4.99 Å². The molecule has 162 valence electrons. The molecule has 1 aromatic carbocycles. The molecule has 1 saturated carbocycles. The lowest BCUT2D eigenvalue weighted by Gasteiger charge is -2.38. The first kappa shape index (κ1) is 22.0. The van der Waals surface area contributed by atoms with Gasteiger partial charge < -0.3 is 20.1 Å². The summed E-state index contributed by atoms with van der Waals surface area (Å²) in [5.41, 5.74) is 0.895. The average Bonchev–Trinajstić information content (AvgIpc) is 2.77. The minimum absolute atomic E-state index is 0.137. The molecule has 2 fully saturated rings. The zero-order chi connectivity index (χ0) is 20.4. The molecule has 0 atom stereocenters. The van der Waals surface area contributed by atoms with Crippen molar-refractivity contribution in [3.05, 3.63) is 35.6 Å². The first-order valence-electron chi connectivity index (χ1n) is 11.1. The first-order valence-corrected chi connectivity index (χ1v) is 11.1. The smallest absolute Gasteiger partial charge is 0.191 e. The van der Waals surface area contributed by atoms with E-state index in [1.165, 1.54) is 38.2 Å². The summed E-state index contributed by atoms with van der Waals surface area (Å²) >= 11 is 0. The van der Waals surface area contributed by atoms with E-state index in [2.05, 4.69) is 15.6 Å². The summed E-state index contributed by atoms with van der Waals surface area (Å²) in [6.45, 7) is 3.71. The Morgan fingerprint density at radius 2 is 2.00 bits per heavy atom. The van der Waals surface area contributed by atoms with E-state index in [0.29, 0.717) is 25.9 Å². The van der Waals surface area contributed by atoms with E-state index in [1.807, 2.05) is 6.07 Å². The van der Waals surface area contributed by atoms with Crippen molar-refractivity contribution in [2.75, 3.05) is 40.0 Å². The highest BCUT2D eigenvalue weighted by Crippen LogP contribution is 2.34. The van der Waals surface area contributed by atoms with Crippen LogP contribution < -0.4 is 10.6 Å². The van der Waals surface area contributed by atoms with Gasteiger partial charge in [-0.3, -0.25) is 4.99 Å². The van der Waals surface area contributed by atoms with Crippen LogP contribution in [0.25, 0.3) is 0 Å². The maximum Gasteiger partial charge on any atom is 0.191 e. The third-order valence-electron chi connectivity index (χ3n) is 6.22. The van der Waals surface area contributed by atoms with Crippen LogP contribution in [0.4, 0.5) is 4.39 Å². The zero-order valence-electron chi connectivity index (χ0n) is 17.7. The number of halogens is 1. The van der Waals surface area contributed by atoms with Gasteiger partial charge in [0.25, 0.3) is 0 Å². The highest BCUT2D eigenvalue weighted by Gasteiger charge is 2.34. The van der Waals surface area contributed by atoms with Gasteiger partial charge in [0.1, 0.15) is 5.82 Å². The average molecular weight is 406 g/mol. The van der Waals surface area contributed by atoms with Crippen molar-refractivity contribution in [2.45, 2.75) is 62.9 Å². The second-order valence-electron chi connectivity index (χ2n) is 8.24. The number of nitrogens with zero attached hydrogens (tertiary/aromatic N) is 1. The predicted molar refractivity (Wildman–Crippen MR) is 115 cm³/mol. The van der Waals surface area contributed by atoms with Crippen LogP contribution in [0.5, 0.6) is 0 Å². The van der Waals surface area contributed by atoms with E-state index < -0.39 is 0 Å². The highest BCUT2D eigenvalue weighted by molar-refractivity contribution is 5.79. The number of guanidine groups is 1. The summed E-state index contributed by atoms with van der Waals surface area (Å²) in [7, 11) is 1.78. The van der Waals surface area contributed by atoms with Crippen LogP contribution in [0.1, 0.15) is 56.9 Å². The van der Waals surface area contributed by atoms with Crippen molar-refractivity contribution in [3.8, 4) is 0 Å². The molecule has 0 spiro atoms. The molecule has 29 heavy (non-hydrogen) atoms. The summed E-state index contributed by atoms with van der Waals surface area (Å²) in [6.07, 6.45) is 9.54. The van der Waals surface area contributed by atoms with Gasteiger partial charge in [-0.05, 0) is 49.8 Å². The quantitative estimate of drug-likeness (QED) is 0.393. The van der Waals surface area contributed by atoms with Crippen LogP contribution in [-0.4, -0.2) is 52.0 Å². The third kappa shape index (κ3) is 6.68. The van der Waals surface area contributed by atoms with Crippen molar-refractivity contribution in [3.63, 3.8) is 0 Å². The number of benzene rings is 1. The van der Waals surface area contributed by atoms with Gasteiger partial charge >= 0.3 is 0 Å². The monoisotopic (exact) mass is 405 g/mol. The summed E-state index contributed by atoms with van der Waals surface area (Å²) in [5, 5.41) is 6.84. The summed E-state index contributed by atoms with van der Waals surface area (Å²) in [4.78, 5) is 4.35. The molecule has 1 aliphatic carbocycles. The number of hydrogen-bond donors (Lipinski definition) is 2. The third-order valence-corrected chi connectivity index (χ3v) is 6.22. The first-order chi connectivity index (χ1) is 14.2. The van der Waals surface area contributed by atoms with E-state index >= 15 is 0 Å². The van der Waals surface area contributed by atoms with E-state index in [9.17, 15) is 4.39 Å². The topological polar surface area (TPSA) is 54.9 Å². The Labute approximate surface area is 174 Å². The minimum atomic E-state index is -0.186. The Balaban J connectivity index is 1.45. The fourth-order valence-electron chi connectivity index (χ4n) is 4.38. The van der Waals surface area contributed by atoms with Gasteiger partial charge in [-0.2, -0.15) is 0 Å². The predicted octanol–water partition coefficient (Wildman–Crippen LogP) is 3.78. The molecular weight excluding hydrogens is 369 g/mol. The number of ether oxygens (including phenoxy) is 2. The number of hydrogen-bond acceptors (Lipinski definition) is 3. The molecule has 0 radical (unpaired) electrons. The van der Waals surface area contributed by atoms with Crippen molar-refractivity contribution in [1.29, 1.82) is 0 Å². The molecule has 2 aliphatic rings. The number of nitrogens with one attached hydrogen (secondary N) is 2. The van der Waals surface area contributed by atoms with Gasteiger partial charge in [0.05, 0.1) is 6.10 Å². The molecule has 5 nitrogen and oxygen atoms in total. The maximum atomic E-state index is 13.8. The molecule has 0 unspecified atom stereocenters. The molecule has 6 heteroatoms. The van der Waals surface area contributed by atoms with Crippen LogP contribution >= 0.6 is 0 Å². The Morgan fingerprint density at radius 1 is 1.21 bits per heavy atom. The summed E-state index contributed by atoms with van der Waals surface area (Å²) in [6, 6.07) is 6.97. The van der Waals surface area contributed by atoms with Crippen LogP contribution in [0, 0.1) is 5.82 Å². The lowest BCUT2D eigenvalue weighted by atomic mass is 9.74. The van der Waals surface area contributed by atoms with E-state index in [4.69, 9.17) is 9.47 Å². The molecule has 1 saturated heterocycles. The minimum Gasteiger partial charge on any atom is -0.381 e. The highest BCUT2D eigenvalue weighted by atomic mass is 19.1. The molecule has 1 heterocycles. The second-order valence-corrected chi connectivity index (χ2v) is 8.24. The SMILES string of the molecule is CN=C(NCCCOC1CCCCC1)NCC1(c2cccc(F)c2)CCOCC1. The van der Waals surface area contributed by atoms with Gasteiger partial charge in [0.15, 0.2) is 5.96 Å². The Hall–Kier alpha value is -1.66. The summed E-state index contributed by atoms with van der Waals surface area (Å²) < 4.78 is 25.4. The van der Waals surface area contributed by atoms with E-state index in [0.717, 1.165) is 43.9 Å². The standard InChI is InChI=1S/C23H36FN3O2/c1-25-22(26-13-6-14-29-21-9-3-2-4-10-21)27-18-23(11-15-28-16-12-23)19-7-5-8-20(24)17-19/h5,7-8,17,21H,2-4,6,9-16,18H2,1H3,(H2,25,26,27). The zero-order valence-corrected chi connectivity index (χ0v) is 17.7. The van der Waals surface area contributed by atoms with Crippen LogP contribution in [-0.2, 0) is 14.9 Å². The van der Waals surface area contributed by atoms with Crippen molar-refractivity contribution in [1.82, 2.24) is 10.6 Å². The molecule has 1 aliphatic heterocycles.